The highest BCUT2D eigenvalue weighted by atomic mass is 16.5. The number of carbonyl (C=O) groups excluding carboxylic acids is 1. The molecule has 0 aliphatic carbocycles. The average molecular weight is 445 g/mol. The van der Waals surface area contributed by atoms with Gasteiger partial charge in [0.2, 0.25) is 5.91 Å². The van der Waals surface area contributed by atoms with Gasteiger partial charge in [-0.2, -0.15) is 0 Å². The third-order valence-electron chi connectivity index (χ3n) is 5.81. The lowest BCUT2D eigenvalue weighted by Crippen LogP contribution is -2.30. The topological polar surface area (TPSA) is 72.6 Å². The van der Waals surface area contributed by atoms with Crippen molar-refractivity contribution in [1.82, 2.24) is 10.3 Å². The van der Waals surface area contributed by atoms with Gasteiger partial charge in [-0.3, -0.25) is 4.79 Å². The van der Waals surface area contributed by atoms with Gasteiger partial charge in [0, 0.05) is 35.1 Å². The Bertz CT molecular complexity index is 1250. The molecule has 33 heavy (non-hydrogen) atoms. The summed E-state index contributed by atoms with van der Waals surface area (Å²) in [6.45, 7) is 0.411. The normalized spacial score (nSPS) is 11.7. The van der Waals surface area contributed by atoms with Crippen LogP contribution in [0.4, 0.5) is 0 Å². The second kappa shape index (κ2) is 10.1. The molecule has 1 atom stereocenters. The van der Waals surface area contributed by atoms with Crippen molar-refractivity contribution in [2.45, 2.75) is 12.3 Å². The maximum absolute atomic E-state index is 12.8. The van der Waals surface area contributed by atoms with Gasteiger partial charge in [-0.05, 0) is 35.4 Å². The third kappa shape index (κ3) is 4.80. The zero-order valence-corrected chi connectivity index (χ0v) is 19.1. The van der Waals surface area contributed by atoms with Gasteiger partial charge >= 0.3 is 0 Å². The Hall–Kier alpha value is -3.93. The summed E-state index contributed by atoms with van der Waals surface area (Å²) in [6.07, 6.45) is 2.27. The minimum Gasteiger partial charge on any atom is -0.497 e. The molecule has 0 bridgehead atoms. The van der Waals surface area contributed by atoms with Gasteiger partial charge in [0.1, 0.15) is 5.75 Å². The lowest BCUT2D eigenvalue weighted by atomic mass is 9.89. The summed E-state index contributed by atoms with van der Waals surface area (Å²) >= 11 is 0. The monoisotopic (exact) mass is 444 g/mol. The SMILES string of the molecule is COc1cccc(CC(=O)NCC(c2cccc(OC)c2OC)c2c[nH]c3ccccc23)c1. The standard InChI is InChI=1S/C27H28N2O4/c1-31-19-9-6-8-18(14-19)15-26(30)29-17-23(21-11-7-13-25(32-2)27(21)33-3)22-16-28-24-12-5-4-10-20(22)24/h4-14,16,23,28H,15,17H2,1-3H3,(H,29,30). The number of benzene rings is 3. The van der Waals surface area contributed by atoms with Crippen LogP contribution in [0.2, 0.25) is 0 Å². The second-order valence-corrected chi connectivity index (χ2v) is 7.76. The van der Waals surface area contributed by atoms with E-state index in [9.17, 15) is 4.79 Å². The summed E-state index contributed by atoms with van der Waals surface area (Å²) in [7, 11) is 4.87. The first-order valence-corrected chi connectivity index (χ1v) is 10.8. The summed E-state index contributed by atoms with van der Waals surface area (Å²) in [5, 5.41) is 4.22. The van der Waals surface area contributed by atoms with E-state index < -0.39 is 0 Å². The van der Waals surface area contributed by atoms with Gasteiger partial charge in [0.25, 0.3) is 0 Å². The summed E-state index contributed by atoms with van der Waals surface area (Å²) in [5.74, 6) is 1.85. The Morgan fingerprint density at radius 3 is 2.52 bits per heavy atom. The zero-order chi connectivity index (χ0) is 23.2. The highest BCUT2D eigenvalue weighted by molar-refractivity contribution is 5.85. The molecule has 6 nitrogen and oxygen atoms in total. The maximum atomic E-state index is 12.8. The van der Waals surface area contributed by atoms with E-state index in [1.807, 2.05) is 66.9 Å². The van der Waals surface area contributed by atoms with Gasteiger partial charge in [-0.1, -0.05) is 42.5 Å². The van der Waals surface area contributed by atoms with Gasteiger partial charge < -0.3 is 24.5 Å². The molecule has 2 N–H and O–H groups in total. The lowest BCUT2D eigenvalue weighted by molar-refractivity contribution is -0.120. The quantitative estimate of drug-likeness (QED) is 0.393. The first-order chi connectivity index (χ1) is 16.1. The molecular weight excluding hydrogens is 416 g/mol. The van der Waals surface area contributed by atoms with E-state index in [-0.39, 0.29) is 18.2 Å². The fourth-order valence-electron chi connectivity index (χ4n) is 4.20. The van der Waals surface area contributed by atoms with Crippen molar-refractivity contribution in [2.75, 3.05) is 27.9 Å². The van der Waals surface area contributed by atoms with Crippen molar-refractivity contribution in [3.8, 4) is 17.2 Å². The van der Waals surface area contributed by atoms with Crippen molar-refractivity contribution in [2.24, 2.45) is 0 Å². The molecule has 1 amide bonds. The van der Waals surface area contributed by atoms with Crippen LogP contribution >= 0.6 is 0 Å². The van der Waals surface area contributed by atoms with Crippen LogP contribution in [0.25, 0.3) is 10.9 Å². The minimum atomic E-state index is -0.138. The first-order valence-electron chi connectivity index (χ1n) is 10.8. The van der Waals surface area contributed by atoms with Crippen molar-refractivity contribution >= 4 is 16.8 Å². The van der Waals surface area contributed by atoms with Gasteiger partial charge in [0.05, 0.1) is 27.8 Å². The molecule has 170 valence electrons. The number of carbonyl (C=O) groups is 1. The van der Waals surface area contributed by atoms with E-state index in [0.29, 0.717) is 18.0 Å². The number of H-pyrrole nitrogens is 1. The number of fused-ring (bicyclic) bond motifs is 1. The van der Waals surface area contributed by atoms with Gasteiger partial charge in [-0.25, -0.2) is 0 Å². The van der Waals surface area contributed by atoms with Crippen LogP contribution in [0.15, 0.2) is 72.9 Å². The van der Waals surface area contributed by atoms with E-state index in [4.69, 9.17) is 14.2 Å². The van der Waals surface area contributed by atoms with Crippen LogP contribution in [0.5, 0.6) is 17.2 Å². The zero-order valence-electron chi connectivity index (χ0n) is 19.1. The van der Waals surface area contributed by atoms with Crippen LogP contribution in [-0.2, 0) is 11.2 Å². The molecule has 0 saturated carbocycles. The van der Waals surface area contributed by atoms with Crippen molar-refractivity contribution in [3.63, 3.8) is 0 Å². The molecule has 0 spiro atoms. The van der Waals surface area contributed by atoms with Crippen LogP contribution in [0, 0.1) is 0 Å². The highest BCUT2D eigenvalue weighted by Gasteiger charge is 2.24. The van der Waals surface area contributed by atoms with Crippen molar-refractivity contribution in [3.05, 3.63) is 89.6 Å². The summed E-state index contributed by atoms with van der Waals surface area (Å²) in [5.41, 5.74) is 3.97. The summed E-state index contributed by atoms with van der Waals surface area (Å²) < 4.78 is 16.5. The number of rotatable bonds is 9. The minimum absolute atomic E-state index is 0.0602. The molecule has 1 aromatic heterocycles. The van der Waals surface area contributed by atoms with Crippen LogP contribution in [0.1, 0.15) is 22.6 Å². The number of amides is 1. The molecule has 0 saturated heterocycles. The van der Waals surface area contributed by atoms with E-state index in [2.05, 4.69) is 16.4 Å². The molecular formula is C27H28N2O4. The number of aromatic nitrogens is 1. The Kier molecular flexibility index (Phi) is 6.83. The summed E-state index contributed by atoms with van der Waals surface area (Å²) in [6, 6.07) is 21.5. The molecule has 4 aromatic rings. The maximum Gasteiger partial charge on any atom is 0.224 e. The fourth-order valence-corrected chi connectivity index (χ4v) is 4.20. The van der Waals surface area contributed by atoms with Crippen molar-refractivity contribution in [1.29, 1.82) is 0 Å². The number of para-hydroxylation sites is 2. The number of ether oxygens (including phenoxy) is 3. The molecule has 6 heteroatoms. The van der Waals surface area contributed by atoms with E-state index in [1.165, 1.54) is 0 Å². The molecule has 0 fully saturated rings. The Morgan fingerprint density at radius 1 is 0.909 bits per heavy atom. The summed E-state index contributed by atoms with van der Waals surface area (Å²) in [4.78, 5) is 16.2. The molecule has 3 aromatic carbocycles. The largest absolute Gasteiger partial charge is 0.497 e. The highest BCUT2D eigenvalue weighted by Crippen LogP contribution is 2.40. The Morgan fingerprint density at radius 2 is 1.73 bits per heavy atom. The Labute approximate surface area is 193 Å². The van der Waals surface area contributed by atoms with Crippen molar-refractivity contribution < 1.29 is 19.0 Å². The number of methoxy groups -OCH3 is 3. The predicted octanol–water partition coefficient (Wildman–Crippen LogP) is 4.68. The number of nitrogens with one attached hydrogen (secondary N) is 2. The average Bonchev–Trinajstić information content (AvgIpc) is 3.28. The number of hydrogen-bond donors (Lipinski definition) is 2. The molecule has 1 heterocycles. The van der Waals surface area contributed by atoms with E-state index in [1.54, 1.807) is 21.3 Å². The molecule has 0 aliphatic heterocycles. The van der Waals surface area contributed by atoms with Crippen LogP contribution in [0.3, 0.4) is 0 Å². The second-order valence-electron chi connectivity index (χ2n) is 7.76. The fraction of sp³-hybridized carbons (Fsp3) is 0.222. The molecule has 4 rings (SSSR count). The van der Waals surface area contributed by atoms with Crippen LogP contribution < -0.4 is 19.5 Å². The van der Waals surface area contributed by atoms with Gasteiger partial charge in [-0.15, -0.1) is 0 Å². The number of aromatic amines is 1. The molecule has 0 radical (unpaired) electrons. The van der Waals surface area contributed by atoms with Crippen LogP contribution in [-0.4, -0.2) is 38.8 Å². The first kappa shape index (κ1) is 22.3. The van der Waals surface area contributed by atoms with E-state index in [0.717, 1.165) is 33.3 Å². The third-order valence-corrected chi connectivity index (χ3v) is 5.81. The van der Waals surface area contributed by atoms with E-state index >= 15 is 0 Å². The van der Waals surface area contributed by atoms with Gasteiger partial charge in [0.15, 0.2) is 11.5 Å². The molecule has 1 unspecified atom stereocenters. The molecule has 0 aliphatic rings. The Balaban J connectivity index is 1.65. The predicted molar refractivity (Wildman–Crippen MR) is 129 cm³/mol. The smallest absolute Gasteiger partial charge is 0.224 e. The lowest BCUT2D eigenvalue weighted by Gasteiger charge is -2.22. The number of hydrogen-bond acceptors (Lipinski definition) is 4.